The Bertz CT molecular complexity index is 853. The molecule has 4 nitrogen and oxygen atoms in total. The molecule has 3 rings (SSSR count). The highest BCUT2D eigenvalue weighted by molar-refractivity contribution is 7.22. The lowest BCUT2D eigenvalue weighted by Crippen LogP contribution is -2.24. The van der Waals surface area contributed by atoms with Crippen LogP contribution in [0.1, 0.15) is 26.5 Å². The van der Waals surface area contributed by atoms with E-state index in [1.54, 1.807) is 11.3 Å². The van der Waals surface area contributed by atoms with Crippen LogP contribution in [-0.2, 0) is 13.1 Å². The van der Waals surface area contributed by atoms with Gasteiger partial charge in [-0.1, -0.05) is 30.3 Å². The van der Waals surface area contributed by atoms with E-state index in [1.165, 1.54) is 16.9 Å². The molecule has 0 unspecified atom stereocenters. The van der Waals surface area contributed by atoms with E-state index in [9.17, 15) is 4.79 Å². The monoisotopic (exact) mass is 371 g/mol. The lowest BCUT2D eigenvalue weighted by atomic mass is 10.1. The molecule has 0 spiro atoms. The first kappa shape index (κ1) is 17.8. The lowest BCUT2D eigenvalue weighted by Gasteiger charge is -2.14. The van der Waals surface area contributed by atoms with Crippen LogP contribution >= 0.6 is 22.7 Å². The van der Waals surface area contributed by atoms with Crippen molar-refractivity contribution in [2.24, 2.45) is 0 Å². The zero-order valence-corrected chi connectivity index (χ0v) is 16.2. The molecule has 0 aliphatic rings. The predicted molar refractivity (Wildman–Crippen MR) is 105 cm³/mol. The van der Waals surface area contributed by atoms with Gasteiger partial charge >= 0.3 is 0 Å². The summed E-state index contributed by atoms with van der Waals surface area (Å²) in [6, 6.07) is 12.2. The molecule has 0 saturated heterocycles. The maximum atomic E-state index is 12.6. The highest BCUT2D eigenvalue weighted by Gasteiger charge is 2.17. The van der Waals surface area contributed by atoms with Crippen LogP contribution in [0, 0.1) is 6.92 Å². The molecule has 0 aliphatic heterocycles. The first-order valence-corrected chi connectivity index (χ1v) is 9.75. The first-order chi connectivity index (χ1) is 12.0. The molecule has 2 aromatic heterocycles. The Labute approximate surface area is 156 Å². The van der Waals surface area contributed by atoms with Crippen LogP contribution < -0.4 is 5.32 Å². The highest BCUT2D eigenvalue weighted by Crippen LogP contribution is 2.31. The number of hydrogen-bond acceptors (Lipinski definition) is 5. The normalized spacial score (nSPS) is 11.0. The van der Waals surface area contributed by atoms with Crippen LogP contribution in [0.4, 0.5) is 0 Å². The zero-order chi connectivity index (χ0) is 17.8. The third-order valence-electron chi connectivity index (χ3n) is 3.78. The summed E-state index contributed by atoms with van der Waals surface area (Å²) in [6.45, 7) is 3.27. The molecule has 0 atom stereocenters. The van der Waals surface area contributed by atoms with Crippen LogP contribution in [-0.4, -0.2) is 29.9 Å². The van der Waals surface area contributed by atoms with Crippen LogP contribution in [0.25, 0.3) is 9.88 Å². The summed E-state index contributed by atoms with van der Waals surface area (Å²) in [5.41, 5.74) is 3.16. The number of carbonyl (C=O) groups is 1. The maximum absolute atomic E-state index is 12.6. The van der Waals surface area contributed by atoms with Crippen molar-refractivity contribution in [3.8, 4) is 9.88 Å². The second kappa shape index (κ2) is 7.91. The summed E-state index contributed by atoms with van der Waals surface area (Å²) >= 11 is 3.09. The van der Waals surface area contributed by atoms with E-state index in [0.29, 0.717) is 11.4 Å². The molecular weight excluding hydrogens is 350 g/mol. The number of thiophene rings is 1. The van der Waals surface area contributed by atoms with E-state index in [-0.39, 0.29) is 5.91 Å². The fourth-order valence-corrected chi connectivity index (χ4v) is 4.37. The Kier molecular flexibility index (Phi) is 5.63. The van der Waals surface area contributed by atoms with Crippen molar-refractivity contribution < 1.29 is 4.79 Å². The van der Waals surface area contributed by atoms with Crippen molar-refractivity contribution in [3.63, 3.8) is 0 Å². The Morgan fingerprint density at radius 3 is 2.60 bits per heavy atom. The topological polar surface area (TPSA) is 45.2 Å². The summed E-state index contributed by atoms with van der Waals surface area (Å²) in [4.78, 5) is 21.1. The quantitative estimate of drug-likeness (QED) is 0.707. The van der Waals surface area contributed by atoms with Crippen LogP contribution in [0.15, 0.2) is 41.8 Å². The SMILES string of the molecule is Cc1nc(-c2cccs2)sc1C(=O)NCc1ccccc1CN(C)C. The molecular formula is C19H21N3OS2. The van der Waals surface area contributed by atoms with Crippen molar-refractivity contribution in [1.82, 2.24) is 15.2 Å². The fraction of sp³-hybridized carbons (Fsp3) is 0.263. The van der Waals surface area contributed by atoms with Gasteiger partial charge in [0, 0.05) is 13.1 Å². The molecule has 3 aromatic rings. The molecule has 1 N–H and O–H groups in total. The van der Waals surface area contributed by atoms with E-state index in [0.717, 1.165) is 27.7 Å². The highest BCUT2D eigenvalue weighted by atomic mass is 32.1. The van der Waals surface area contributed by atoms with Gasteiger partial charge in [0.25, 0.3) is 5.91 Å². The molecule has 0 fully saturated rings. The van der Waals surface area contributed by atoms with Gasteiger partial charge in [0.1, 0.15) is 9.88 Å². The average molecular weight is 372 g/mol. The summed E-state index contributed by atoms with van der Waals surface area (Å²) in [5, 5.41) is 5.97. The van der Waals surface area contributed by atoms with Gasteiger partial charge in [-0.3, -0.25) is 4.79 Å². The lowest BCUT2D eigenvalue weighted by molar-refractivity contribution is 0.0954. The standard InChI is InChI=1S/C19H21N3OS2/c1-13-17(25-19(21-13)16-9-6-10-24-16)18(23)20-11-14-7-4-5-8-15(14)12-22(2)3/h4-10H,11-12H2,1-3H3,(H,20,23). The minimum Gasteiger partial charge on any atom is -0.347 e. The second-order valence-corrected chi connectivity index (χ2v) is 8.05. The van der Waals surface area contributed by atoms with Gasteiger partial charge in [0.05, 0.1) is 10.6 Å². The number of carbonyl (C=O) groups excluding carboxylic acids is 1. The Hall–Kier alpha value is -2.02. The molecule has 0 aliphatic carbocycles. The zero-order valence-electron chi connectivity index (χ0n) is 14.6. The number of rotatable bonds is 6. The van der Waals surface area contributed by atoms with E-state index >= 15 is 0 Å². The maximum Gasteiger partial charge on any atom is 0.263 e. The van der Waals surface area contributed by atoms with Gasteiger partial charge in [-0.05, 0) is 43.6 Å². The van der Waals surface area contributed by atoms with Gasteiger partial charge < -0.3 is 10.2 Å². The minimum absolute atomic E-state index is 0.0579. The number of nitrogens with zero attached hydrogens (tertiary/aromatic N) is 2. The second-order valence-electron chi connectivity index (χ2n) is 6.10. The summed E-state index contributed by atoms with van der Waals surface area (Å²) in [6.07, 6.45) is 0. The van der Waals surface area contributed by atoms with Gasteiger partial charge in [-0.2, -0.15) is 0 Å². The molecule has 0 saturated carbocycles. The molecule has 0 bridgehead atoms. The average Bonchev–Trinajstić information content (AvgIpc) is 3.22. The molecule has 1 aromatic carbocycles. The van der Waals surface area contributed by atoms with Crippen molar-refractivity contribution in [2.75, 3.05) is 14.1 Å². The summed E-state index contributed by atoms with van der Waals surface area (Å²) in [7, 11) is 4.09. The van der Waals surface area contributed by atoms with E-state index in [2.05, 4.69) is 27.3 Å². The Balaban J connectivity index is 1.72. The summed E-state index contributed by atoms with van der Waals surface area (Å²) < 4.78 is 0. The van der Waals surface area contributed by atoms with E-state index < -0.39 is 0 Å². The molecule has 0 radical (unpaired) electrons. The third-order valence-corrected chi connectivity index (χ3v) is 5.97. The van der Waals surface area contributed by atoms with Gasteiger partial charge in [-0.15, -0.1) is 22.7 Å². The molecule has 130 valence electrons. The molecule has 2 heterocycles. The van der Waals surface area contributed by atoms with E-state index in [4.69, 9.17) is 0 Å². The number of thiazole rings is 1. The smallest absolute Gasteiger partial charge is 0.263 e. The van der Waals surface area contributed by atoms with Crippen LogP contribution in [0.2, 0.25) is 0 Å². The van der Waals surface area contributed by atoms with Crippen LogP contribution in [0.5, 0.6) is 0 Å². The van der Waals surface area contributed by atoms with Crippen molar-refractivity contribution in [1.29, 1.82) is 0 Å². The number of hydrogen-bond donors (Lipinski definition) is 1. The summed E-state index contributed by atoms with van der Waals surface area (Å²) in [5.74, 6) is -0.0579. The molecule has 6 heteroatoms. The Morgan fingerprint density at radius 2 is 1.92 bits per heavy atom. The van der Waals surface area contributed by atoms with Gasteiger partial charge in [0.15, 0.2) is 0 Å². The predicted octanol–water partition coefficient (Wildman–Crippen LogP) is 4.17. The number of benzene rings is 1. The van der Waals surface area contributed by atoms with Crippen LogP contribution in [0.3, 0.4) is 0 Å². The van der Waals surface area contributed by atoms with E-state index in [1.807, 2.05) is 50.7 Å². The third kappa shape index (κ3) is 4.34. The van der Waals surface area contributed by atoms with Gasteiger partial charge in [0.2, 0.25) is 0 Å². The largest absolute Gasteiger partial charge is 0.347 e. The minimum atomic E-state index is -0.0579. The Morgan fingerprint density at radius 1 is 1.16 bits per heavy atom. The van der Waals surface area contributed by atoms with Gasteiger partial charge in [-0.25, -0.2) is 4.98 Å². The number of aryl methyl sites for hydroxylation is 1. The van der Waals surface area contributed by atoms with Crippen molar-refractivity contribution in [3.05, 3.63) is 63.5 Å². The first-order valence-electron chi connectivity index (χ1n) is 8.05. The number of amides is 1. The van der Waals surface area contributed by atoms with Crippen molar-refractivity contribution in [2.45, 2.75) is 20.0 Å². The fourth-order valence-electron chi connectivity index (χ4n) is 2.59. The number of aromatic nitrogens is 1. The molecule has 1 amide bonds. The molecule has 25 heavy (non-hydrogen) atoms. The number of nitrogens with one attached hydrogen (secondary N) is 1. The van der Waals surface area contributed by atoms with Crippen molar-refractivity contribution >= 4 is 28.6 Å².